The molecule has 1 atom stereocenters. The van der Waals surface area contributed by atoms with Gasteiger partial charge in [-0.05, 0) is 18.6 Å². The zero-order valence-corrected chi connectivity index (χ0v) is 13.6. The second-order valence-corrected chi connectivity index (χ2v) is 5.97. The molecule has 0 amide bonds. The number of para-hydroxylation sites is 1. The smallest absolute Gasteiger partial charge is 0.263 e. The number of hydrogen-bond donors (Lipinski definition) is 1. The Kier molecular flexibility index (Phi) is 4.19. The number of nitrogens with zero attached hydrogens (tertiary/aromatic N) is 4. The Bertz CT molecular complexity index is 924. The number of rotatable bonds is 3. The molecular weight excluding hydrogens is 325 g/mol. The molecule has 2 aromatic heterocycles. The van der Waals surface area contributed by atoms with E-state index >= 15 is 0 Å². The highest BCUT2D eigenvalue weighted by Crippen LogP contribution is 2.18. The second kappa shape index (κ2) is 6.64. The Morgan fingerprint density at radius 1 is 1.32 bits per heavy atom. The maximum absolute atomic E-state index is 13.1. The molecule has 3 aromatic rings. The molecule has 4 rings (SSSR count). The number of aromatic nitrogens is 4. The highest BCUT2D eigenvalue weighted by molar-refractivity contribution is 5.76. The minimum Gasteiger partial charge on any atom is -0.374 e. The van der Waals surface area contributed by atoms with E-state index in [1.54, 1.807) is 4.68 Å². The molecule has 8 heteroatoms. The Morgan fingerprint density at radius 3 is 2.96 bits per heavy atom. The molecule has 0 spiro atoms. The molecule has 0 bridgehead atoms. The lowest BCUT2D eigenvalue weighted by atomic mass is 10.3. The van der Waals surface area contributed by atoms with E-state index in [4.69, 9.17) is 4.74 Å². The van der Waals surface area contributed by atoms with Crippen molar-refractivity contribution in [3.63, 3.8) is 0 Å². The van der Waals surface area contributed by atoms with Gasteiger partial charge in [0.2, 0.25) is 5.95 Å². The molecule has 1 fully saturated rings. The van der Waals surface area contributed by atoms with Gasteiger partial charge in [0.1, 0.15) is 18.2 Å². The fourth-order valence-corrected chi connectivity index (χ4v) is 3.00. The van der Waals surface area contributed by atoms with Crippen molar-refractivity contribution in [2.75, 3.05) is 31.3 Å². The average molecular weight is 343 g/mol. The lowest BCUT2D eigenvalue weighted by Crippen LogP contribution is -2.35. The maximum atomic E-state index is 13.1. The molecule has 1 aromatic carbocycles. The Labute approximate surface area is 143 Å². The van der Waals surface area contributed by atoms with Crippen molar-refractivity contribution in [3.05, 3.63) is 46.9 Å². The second-order valence-electron chi connectivity index (χ2n) is 5.97. The summed E-state index contributed by atoms with van der Waals surface area (Å²) in [5, 5.41) is 4.71. The normalized spacial score (nSPS) is 18.4. The summed E-state index contributed by atoms with van der Waals surface area (Å²) in [5.74, 6) is 0.416. The molecule has 1 saturated heterocycles. The van der Waals surface area contributed by atoms with Crippen LogP contribution in [-0.4, -0.2) is 52.2 Å². The fraction of sp³-hybridized carbons (Fsp3) is 0.353. The summed E-state index contributed by atoms with van der Waals surface area (Å²) < 4.78 is 20.1. The van der Waals surface area contributed by atoms with E-state index in [1.807, 2.05) is 35.2 Å². The highest BCUT2D eigenvalue weighted by atomic mass is 19.1. The van der Waals surface area contributed by atoms with E-state index in [1.165, 1.54) is 6.20 Å². The number of alkyl halides is 1. The SMILES string of the molecule is O=c1[nH]c(N2CCCOC(CF)C2)nc2c1cnn2-c1ccccc1. The third-order valence-corrected chi connectivity index (χ3v) is 4.25. The zero-order chi connectivity index (χ0) is 17.2. The predicted octanol–water partition coefficient (Wildman–Crippen LogP) is 1.67. The summed E-state index contributed by atoms with van der Waals surface area (Å²) in [6.45, 7) is 0.930. The van der Waals surface area contributed by atoms with Crippen LogP contribution in [0, 0.1) is 0 Å². The standard InChI is InChI=1S/C17H18FN5O2/c18-9-13-11-22(7-4-8-25-13)17-20-15-14(16(24)21-17)10-19-23(15)12-5-2-1-3-6-12/h1-3,5-6,10,13H,4,7-9,11H2,(H,20,21,24). The van der Waals surface area contributed by atoms with Gasteiger partial charge in [0.05, 0.1) is 11.9 Å². The Morgan fingerprint density at radius 2 is 2.16 bits per heavy atom. The van der Waals surface area contributed by atoms with E-state index in [2.05, 4.69) is 15.1 Å². The van der Waals surface area contributed by atoms with Gasteiger partial charge in [0, 0.05) is 19.7 Å². The molecule has 7 nitrogen and oxygen atoms in total. The summed E-state index contributed by atoms with van der Waals surface area (Å²) >= 11 is 0. The van der Waals surface area contributed by atoms with Crippen molar-refractivity contribution in [2.24, 2.45) is 0 Å². The minimum absolute atomic E-state index is 0.260. The van der Waals surface area contributed by atoms with Gasteiger partial charge < -0.3 is 9.64 Å². The number of benzene rings is 1. The molecular formula is C17H18FN5O2. The number of H-pyrrole nitrogens is 1. The molecule has 1 N–H and O–H groups in total. The van der Waals surface area contributed by atoms with Crippen LogP contribution in [0.1, 0.15) is 6.42 Å². The van der Waals surface area contributed by atoms with Gasteiger partial charge in [-0.25, -0.2) is 9.07 Å². The molecule has 25 heavy (non-hydrogen) atoms. The molecule has 0 radical (unpaired) electrons. The van der Waals surface area contributed by atoms with E-state index in [0.29, 0.717) is 36.7 Å². The summed E-state index contributed by atoms with van der Waals surface area (Å²) in [4.78, 5) is 21.7. The molecule has 1 aliphatic heterocycles. The van der Waals surface area contributed by atoms with Crippen LogP contribution < -0.4 is 10.5 Å². The quantitative estimate of drug-likeness (QED) is 0.783. The largest absolute Gasteiger partial charge is 0.374 e. The molecule has 3 heterocycles. The first kappa shape index (κ1) is 15.8. The van der Waals surface area contributed by atoms with Crippen molar-refractivity contribution in [2.45, 2.75) is 12.5 Å². The van der Waals surface area contributed by atoms with Crippen LogP contribution in [0.3, 0.4) is 0 Å². The van der Waals surface area contributed by atoms with Gasteiger partial charge in [-0.2, -0.15) is 10.1 Å². The Balaban J connectivity index is 1.79. The van der Waals surface area contributed by atoms with Crippen LogP contribution in [0.15, 0.2) is 41.3 Å². The van der Waals surface area contributed by atoms with Crippen LogP contribution >= 0.6 is 0 Å². The third-order valence-electron chi connectivity index (χ3n) is 4.25. The van der Waals surface area contributed by atoms with Crippen LogP contribution in [0.25, 0.3) is 16.7 Å². The van der Waals surface area contributed by atoms with Gasteiger partial charge in [0.25, 0.3) is 5.56 Å². The summed E-state index contributed by atoms with van der Waals surface area (Å²) in [6.07, 6.45) is 1.74. The van der Waals surface area contributed by atoms with E-state index in [-0.39, 0.29) is 5.56 Å². The highest BCUT2D eigenvalue weighted by Gasteiger charge is 2.22. The first-order valence-corrected chi connectivity index (χ1v) is 8.22. The van der Waals surface area contributed by atoms with Crippen LogP contribution in [0.2, 0.25) is 0 Å². The van der Waals surface area contributed by atoms with Gasteiger partial charge in [-0.3, -0.25) is 9.78 Å². The number of anilines is 1. The van der Waals surface area contributed by atoms with Crippen molar-refractivity contribution in [3.8, 4) is 5.69 Å². The Hall–Kier alpha value is -2.74. The predicted molar refractivity (Wildman–Crippen MR) is 92.0 cm³/mol. The van der Waals surface area contributed by atoms with Crippen molar-refractivity contribution >= 4 is 17.0 Å². The van der Waals surface area contributed by atoms with Gasteiger partial charge in [-0.1, -0.05) is 18.2 Å². The first-order chi connectivity index (χ1) is 12.3. The third kappa shape index (κ3) is 3.00. The van der Waals surface area contributed by atoms with Crippen molar-refractivity contribution < 1.29 is 9.13 Å². The van der Waals surface area contributed by atoms with Gasteiger partial charge in [-0.15, -0.1) is 0 Å². The van der Waals surface area contributed by atoms with Crippen LogP contribution in [0.5, 0.6) is 0 Å². The lowest BCUT2D eigenvalue weighted by Gasteiger charge is -2.22. The molecule has 0 saturated carbocycles. The van der Waals surface area contributed by atoms with Crippen molar-refractivity contribution in [1.82, 2.24) is 19.7 Å². The molecule has 0 aliphatic carbocycles. The number of aromatic amines is 1. The molecule has 1 unspecified atom stereocenters. The van der Waals surface area contributed by atoms with Crippen LogP contribution in [-0.2, 0) is 4.74 Å². The van der Waals surface area contributed by atoms with Gasteiger partial charge in [0.15, 0.2) is 5.65 Å². The number of fused-ring (bicyclic) bond motifs is 1. The van der Waals surface area contributed by atoms with E-state index < -0.39 is 12.8 Å². The van der Waals surface area contributed by atoms with Crippen molar-refractivity contribution in [1.29, 1.82) is 0 Å². The van der Waals surface area contributed by atoms with E-state index in [9.17, 15) is 9.18 Å². The number of hydrogen-bond acceptors (Lipinski definition) is 5. The number of halogens is 1. The monoisotopic (exact) mass is 343 g/mol. The van der Waals surface area contributed by atoms with Gasteiger partial charge >= 0.3 is 0 Å². The molecule has 1 aliphatic rings. The zero-order valence-electron chi connectivity index (χ0n) is 13.6. The summed E-state index contributed by atoms with van der Waals surface area (Å²) in [5.41, 5.74) is 1.04. The number of ether oxygens (including phenoxy) is 1. The van der Waals surface area contributed by atoms with Crippen LogP contribution in [0.4, 0.5) is 10.3 Å². The first-order valence-electron chi connectivity index (χ1n) is 8.22. The molecule has 130 valence electrons. The summed E-state index contributed by atoms with van der Waals surface area (Å²) in [6, 6.07) is 9.50. The number of nitrogens with one attached hydrogen (secondary N) is 1. The lowest BCUT2D eigenvalue weighted by molar-refractivity contribution is 0.0507. The average Bonchev–Trinajstić information content (AvgIpc) is 2.93. The summed E-state index contributed by atoms with van der Waals surface area (Å²) in [7, 11) is 0. The van der Waals surface area contributed by atoms with E-state index in [0.717, 1.165) is 12.1 Å². The topological polar surface area (TPSA) is 76.0 Å². The minimum atomic E-state index is -0.565. The fourth-order valence-electron chi connectivity index (χ4n) is 3.00. The maximum Gasteiger partial charge on any atom is 0.263 e.